The fourth-order valence-corrected chi connectivity index (χ4v) is 3.20. The van der Waals surface area contributed by atoms with E-state index in [4.69, 9.17) is 9.47 Å². The van der Waals surface area contributed by atoms with Gasteiger partial charge in [-0.25, -0.2) is 9.37 Å². The Kier molecular flexibility index (Phi) is 6.17. The number of benzene rings is 1. The Morgan fingerprint density at radius 1 is 1.12 bits per heavy atom. The molecule has 25 heavy (non-hydrogen) atoms. The van der Waals surface area contributed by atoms with Crippen LogP contribution in [0.4, 0.5) is 4.39 Å². The predicted molar refractivity (Wildman–Crippen MR) is 99.4 cm³/mol. The Balaban J connectivity index is 2.69. The molecule has 0 aliphatic rings. The van der Waals surface area contributed by atoms with Gasteiger partial charge < -0.3 is 9.47 Å². The zero-order valence-corrected chi connectivity index (χ0v) is 16.0. The van der Waals surface area contributed by atoms with Gasteiger partial charge in [0.2, 0.25) is 5.88 Å². The zero-order chi connectivity index (χ0) is 18.6. The van der Waals surface area contributed by atoms with Gasteiger partial charge in [-0.05, 0) is 28.5 Å². The fourth-order valence-electron chi connectivity index (χ4n) is 3.20. The number of aryl methyl sites for hydroxylation is 1. The lowest BCUT2D eigenvalue weighted by Crippen LogP contribution is -2.21. The molecule has 0 saturated carbocycles. The molecule has 0 saturated heterocycles. The summed E-state index contributed by atoms with van der Waals surface area (Å²) in [4.78, 5) is 3.94. The normalized spacial score (nSPS) is 12.9. The van der Waals surface area contributed by atoms with Crippen LogP contribution >= 0.6 is 0 Å². The molecule has 0 bridgehead atoms. The molecule has 0 spiro atoms. The fraction of sp³-hybridized carbons (Fsp3) is 0.476. The summed E-state index contributed by atoms with van der Waals surface area (Å²) in [5, 5.41) is 0. The Labute approximate surface area is 150 Å². The molecule has 2 rings (SSSR count). The molecule has 1 atom stereocenters. The maximum Gasteiger partial charge on any atom is 0.213 e. The van der Waals surface area contributed by atoms with Gasteiger partial charge >= 0.3 is 0 Å². The third-order valence-electron chi connectivity index (χ3n) is 4.29. The third kappa shape index (κ3) is 4.37. The Morgan fingerprint density at radius 2 is 1.84 bits per heavy atom. The average Bonchev–Trinajstić information content (AvgIpc) is 2.56. The smallest absolute Gasteiger partial charge is 0.213 e. The van der Waals surface area contributed by atoms with Crippen molar-refractivity contribution in [2.24, 2.45) is 5.41 Å². The minimum Gasteiger partial charge on any atom is -0.481 e. The van der Waals surface area contributed by atoms with E-state index in [1.807, 2.05) is 6.07 Å². The predicted octanol–water partition coefficient (Wildman–Crippen LogP) is 5.58. The van der Waals surface area contributed by atoms with Crippen LogP contribution < -0.4 is 4.74 Å². The summed E-state index contributed by atoms with van der Waals surface area (Å²) in [6.07, 6.45) is 3.09. The number of methoxy groups -OCH3 is 2. The molecule has 0 radical (unpaired) electrons. The topological polar surface area (TPSA) is 31.4 Å². The minimum atomic E-state index is -0.367. The maximum absolute atomic E-state index is 14.5. The van der Waals surface area contributed by atoms with E-state index in [1.54, 1.807) is 13.2 Å². The molecule has 0 aliphatic heterocycles. The third-order valence-corrected chi connectivity index (χ3v) is 4.29. The van der Waals surface area contributed by atoms with Crippen molar-refractivity contribution in [2.45, 2.75) is 46.6 Å². The summed E-state index contributed by atoms with van der Waals surface area (Å²) in [5.74, 6) is 0.0266. The van der Waals surface area contributed by atoms with Crippen molar-refractivity contribution in [1.82, 2.24) is 4.98 Å². The molecule has 0 aliphatic carbocycles. The molecular formula is C21H28FNO2. The molecular weight excluding hydrogens is 317 g/mol. The van der Waals surface area contributed by atoms with Crippen LogP contribution in [0.3, 0.4) is 0 Å². The van der Waals surface area contributed by atoms with Gasteiger partial charge in [0.1, 0.15) is 5.82 Å². The highest BCUT2D eigenvalue weighted by atomic mass is 19.1. The first kappa shape index (κ1) is 19.4. The molecule has 0 fully saturated rings. The van der Waals surface area contributed by atoms with Crippen molar-refractivity contribution < 1.29 is 13.9 Å². The molecule has 2 aromatic rings. The van der Waals surface area contributed by atoms with Gasteiger partial charge in [0.05, 0.1) is 19.4 Å². The molecule has 136 valence electrons. The molecule has 1 aromatic carbocycles. The lowest BCUT2D eigenvalue weighted by Gasteiger charge is -2.32. The van der Waals surface area contributed by atoms with Crippen LogP contribution in [0.15, 0.2) is 30.5 Å². The summed E-state index contributed by atoms with van der Waals surface area (Å²) in [6.45, 7) is 8.53. The molecule has 1 unspecified atom stereocenters. The second-order valence-corrected chi connectivity index (χ2v) is 7.36. The van der Waals surface area contributed by atoms with Crippen LogP contribution in [0, 0.1) is 11.2 Å². The van der Waals surface area contributed by atoms with E-state index in [9.17, 15) is 4.39 Å². The molecule has 3 nitrogen and oxygen atoms in total. The van der Waals surface area contributed by atoms with Crippen LogP contribution in [-0.2, 0) is 11.2 Å². The standard InChI is InChI=1S/C21H28FNO2/c1-7-8-14-9-10-15(16-12-19(24-5)23-13-18(16)22)17(11-14)20(25-6)21(2,3)4/h9-13,20H,7-8H2,1-6H3. The van der Waals surface area contributed by atoms with E-state index in [1.165, 1.54) is 18.9 Å². The average molecular weight is 345 g/mol. The number of aromatic nitrogens is 1. The van der Waals surface area contributed by atoms with E-state index < -0.39 is 0 Å². The van der Waals surface area contributed by atoms with Gasteiger partial charge in [-0.15, -0.1) is 0 Å². The second kappa shape index (κ2) is 7.96. The lowest BCUT2D eigenvalue weighted by molar-refractivity contribution is 0.0155. The van der Waals surface area contributed by atoms with Gasteiger partial charge in [-0.3, -0.25) is 0 Å². The summed E-state index contributed by atoms with van der Waals surface area (Å²) in [5.41, 5.74) is 3.40. The van der Waals surface area contributed by atoms with Crippen molar-refractivity contribution in [3.05, 3.63) is 47.4 Å². The SMILES string of the molecule is CCCc1ccc(-c2cc(OC)ncc2F)c(C(OC)C(C)(C)C)c1. The van der Waals surface area contributed by atoms with E-state index in [0.717, 1.165) is 24.0 Å². The zero-order valence-electron chi connectivity index (χ0n) is 16.0. The quantitative estimate of drug-likeness (QED) is 0.684. The Hall–Kier alpha value is -1.94. The molecule has 1 heterocycles. The molecule has 4 heteroatoms. The first-order valence-electron chi connectivity index (χ1n) is 8.67. The summed E-state index contributed by atoms with van der Waals surface area (Å²) in [7, 11) is 3.23. The summed E-state index contributed by atoms with van der Waals surface area (Å²) >= 11 is 0. The number of pyridine rings is 1. The highest BCUT2D eigenvalue weighted by Crippen LogP contribution is 2.41. The highest BCUT2D eigenvalue weighted by Gasteiger charge is 2.29. The van der Waals surface area contributed by atoms with Crippen molar-refractivity contribution in [3.63, 3.8) is 0 Å². The second-order valence-electron chi connectivity index (χ2n) is 7.36. The summed E-state index contributed by atoms with van der Waals surface area (Å²) in [6, 6.07) is 7.83. The minimum absolute atomic E-state index is 0.123. The largest absolute Gasteiger partial charge is 0.481 e. The lowest BCUT2D eigenvalue weighted by atomic mass is 9.81. The Bertz CT molecular complexity index is 722. The van der Waals surface area contributed by atoms with Crippen LogP contribution in [-0.4, -0.2) is 19.2 Å². The maximum atomic E-state index is 14.5. The monoisotopic (exact) mass is 345 g/mol. The Morgan fingerprint density at radius 3 is 2.40 bits per heavy atom. The number of rotatable bonds is 6. The van der Waals surface area contributed by atoms with Gasteiger partial charge in [0, 0.05) is 18.7 Å². The van der Waals surface area contributed by atoms with E-state index in [0.29, 0.717) is 11.4 Å². The van der Waals surface area contributed by atoms with E-state index >= 15 is 0 Å². The number of halogens is 1. The number of hydrogen-bond donors (Lipinski definition) is 0. The van der Waals surface area contributed by atoms with Gasteiger partial charge in [-0.2, -0.15) is 0 Å². The molecule has 0 amide bonds. The first-order valence-corrected chi connectivity index (χ1v) is 8.67. The van der Waals surface area contributed by atoms with Crippen LogP contribution in [0.25, 0.3) is 11.1 Å². The van der Waals surface area contributed by atoms with Crippen LogP contribution in [0.5, 0.6) is 5.88 Å². The van der Waals surface area contributed by atoms with Gasteiger partial charge in [0.25, 0.3) is 0 Å². The molecule has 0 N–H and O–H groups in total. The van der Waals surface area contributed by atoms with Gasteiger partial charge in [0.15, 0.2) is 0 Å². The van der Waals surface area contributed by atoms with Crippen LogP contribution in [0.1, 0.15) is 51.3 Å². The summed E-state index contributed by atoms with van der Waals surface area (Å²) < 4.78 is 25.5. The van der Waals surface area contributed by atoms with Crippen molar-refractivity contribution in [2.75, 3.05) is 14.2 Å². The van der Waals surface area contributed by atoms with Crippen molar-refractivity contribution >= 4 is 0 Å². The first-order chi connectivity index (χ1) is 11.8. The van der Waals surface area contributed by atoms with Crippen molar-refractivity contribution in [1.29, 1.82) is 0 Å². The number of nitrogens with zero attached hydrogens (tertiary/aromatic N) is 1. The van der Waals surface area contributed by atoms with E-state index in [-0.39, 0.29) is 17.3 Å². The number of ether oxygens (including phenoxy) is 2. The van der Waals surface area contributed by atoms with Crippen LogP contribution in [0.2, 0.25) is 0 Å². The van der Waals surface area contributed by atoms with Crippen molar-refractivity contribution in [3.8, 4) is 17.0 Å². The van der Waals surface area contributed by atoms with Gasteiger partial charge in [-0.1, -0.05) is 52.3 Å². The number of hydrogen-bond acceptors (Lipinski definition) is 3. The van der Waals surface area contributed by atoms with E-state index in [2.05, 4.69) is 44.8 Å². The highest BCUT2D eigenvalue weighted by molar-refractivity contribution is 5.70. The molecule has 1 aromatic heterocycles.